The Bertz CT molecular complexity index is 600. The molecular weight excluding hydrogens is 254 g/mol. The summed E-state index contributed by atoms with van der Waals surface area (Å²) in [5.41, 5.74) is 8.11. The molecule has 1 aromatic heterocycles. The average molecular weight is 273 g/mol. The summed E-state index contributed by atoms with van der Waals surface area (Å²) in [6, 6.07) is 7.34. The molecule has 3 N–H and O–H groups in total. The molecule has 20 heavy (non-hydrogen) atoms. The van der Waals surface area contributed by atoms with E-state index in [0.717, 1.165) is 17.0 Å². The van der Waals surface area contributed by atoms with Gasteiger partial charge in [-0.3, -0.25) is 4.79 Å². The van der Waals surface area contributed by atoms with E-state index in [2.05, 4.69) is 10.3 Å². The molecule has 2 aromatic rings. The van der Waals surface area contributed by atoms with Gasteiger partial charge in [0.25, 0.3) is 0 Å². The number of benzene rings is 1. The zero-order valence-corrected chi connectivity index (χ0v) is 11.9. The second-order valence-electron chi connectivity index (χ2n) is 4.86. The monoisotopic (exact) mass is 273 g/mol. The zero-order chi connectivity index (χ0) is 14.7. The summed E-state index contributed by atoms with van der Waals surface area (Å²) in [6.07, 6.45) is 0. The van der Waals surface area contributed by atoms with Crippen molar-refractivity contribution in [2.24, 2.45) is 0 Å². The molecule has 0 bridgehead atoms. The van der Waals surface area contributed by atoms with Crippen molar-refractivity contribution in [1.29, 1.82) is 0 Å². The Balaban J connectivity index is 1.98. The standard InChI is InChI=1S/C15H19N3O2/c1-9(12-5-4-6-13(16)7-12)15(19)17-8-14-18-10(2)11(3)20-14/h4-7,9H,8,16H2,1-3H3,(H,17,19). The van der Waals surface area contributed by atoms with Gasteiger partial charge in [0.15, 0.2) is 0 Å². The van der Waals surface area contributed by atoms with Crippen LogP contribution in [0.5, 0.6) is 0 Å². The summed E-state index contributed by atoms with van der Waals surface area (Å²) in [5, 5.41) is 2.82. The number of aromatic nitrogens is 1. The van der Waals surface area contributed by atoms with Crippen molar-refractivity contribution in [3.63, 3.8) is 0 Å². The third-order valence-electron chi connectivity index (χ3n) is 3.29. The van der Waals surface area contributed by atoms with Crippen molar-refractivity contribution in [3.8, 4) is 0 Å². The summed E-state index contributed by atoms with van der Waals surface area (Å²) >= 11 is 0. The molecule has 0 radical (unpaired) electrons. The molecule has 5 nitrogen and oxygen atoms in total. The van der Waals surface area contributed by atoms with Crippen molar-refractivity contribution < 1.29 is 9.21 Å². The summed E-state index contributed by atoms with van der Waals surface area (Å²) in [7, 11) is 0. The normalized spacial score (nSPS) is 12.2. The highest BCUT2D eigenvalue weighted by Crippen LogP contribution is 2.18. The number of rotatable bonds is 4. The maximum Gasteiger partial charge on any atom is 0.227 e. The minimum Gasteiger partial charge on any atom is -0.444 e. The third-order valence-corrected chi connectivity index (χ3v) is 3.29. The van der Waals surface area contributed by atoms with Gasteiger partial charge in [0.2, 0.25) is 11.8 Å². The van der Waals surface area contributed by atoms with Gasteiger partial charge in [0, 0.05) is 5.69 Å². The van der Waals surface area contributed by atoms with Gasteiger partial charge in [-0.2, -0.15) is 0 Å². The number of anilines is 1. The van der Waals surface area contributed by atoms with E-state index in [-0.39, 0.29) is 11.8 Å². The van der Waals surface area contributed by atoms with Crippen LogP contribution in [0.25, 0.3) is 0 Å². The Labute approximate surface area is 118 Å². The minimum atomic E-state index is -0.268. The number of aryl methyl sites for hydroxylation is 2. The van der Waals surface area contributed by atoms with Crippen LogP contribution < -0.4 is 11.1 Å². The molecule has 0 aliphatic rings. The highest BCUT2D eigenvalue weighted by Gasteiger charge is 2.16. The number of nitrogens with one attached hydrogen (secondary N) is 1. The van der Waals surface area contributed by atoms with E-state index in [1.54, 1.807) is 6.07 Å². The van der Waals surface area contributed by atoms with E-state index >= 15 is 0 Å². The van der Waals surface area contributed by atoms with Gasteiger partial charge in [-0.25, -0.2) is 4.98 Å². The van der Waals surface area contributed by atoms with Crippen molar-refractivity contribution >= 4 is 11.6 Å². The van der Waals surface area contributed by atoms with Gasteiger partial charge in [-0.05, 0) is 38.5 Å². The predicted octanol–water partition coefficient (Wildman–Crippen LogP) is 2.29. The van der Waals surface area contributed by atoms with E-state index in [9.17, 15) is 4.79 Å². The molecule has 0 spiro atoms. The number of amides is 1. The zero-order valence-electron chi connectivity index (χ0n) is 11.9. The lowest BCUT2D eigenvalue weighted by molar-refractivity contribution is -0.122. The molecule has 106 valence electrons. The number of oxazole rings is 1. The Kier molecular flexibility index (Phi) is 4.08. The van der Waals surface area contributed by atoms with Crippen LogP contribution in [-0.4, -0.2) is 10.9 Å². The van der Waals surface area contributed by atoms with Crippen LogP contribution in [0, 0.1) is 13.8 Å². The van der Waals surface area contributed by atoms with Crippen LogP contribution in [0.3, 0.4) is 0 Å². The first kappa shape index (κ1) is 14.1. The van der Waals surface area contributed by atoms with Gasteiger partial charge >= 0.3 is 0 Å². The molecule has 0 aliphatic carbocycles. The van der Waals surface area contributed by atoms with Crippen LogP contribution in [-0.2, 0) is 11.3 Å². The quantitative estimate of drug-likeness (QED) is 0.837. The molecule has 0 saturated heterocycles. The Hall–Kier alpha value is -2.30. The highest BCUT2D eigenvalue weighted by atomic mass is 16.4. The third kappa shape index (κ3) is 3.17. The van der Waals surface area contributed by atoms with Gasteiger partial charge in [-0.15, -0.1) is 0 Å². The summed E-state index contributed by atoms with van der Waals surface area (Å²) < 4.78 is 5.42. The minimum absolute atomic E-state index is 0.0795. The maximum absolute atomic E-state index is 12.1. The van der Waals surface area contributed by atoms with Crippen LogP contribution in [0.4, 0.5) is 5.69 Å². The van der Waals surface area contributed by atoms with E-state index in [1.807, 2.05) is 39.0 Å². The van der Waals surface area contributed by atoms with Gasteiger partial charge in [0.05, 0.1) is 18.2 Å². The van der Waals surface area contributed by atoms with Gasteiger partial charge in [-0.1, -0.05) is 12.1 Å². The van der Waals surface area contributed by atoms with E-state index in [0.29, 0.717) is 18.1 Å². The van der Waals surface area contributed by atoms with Gasteiger partial charge in [0.1, 0.15) is 5.76 Å². The lowest BCUT2D eigenvalue weighted by Crippen LogP contribution is -2.27. The molecule has 1 unspecified atom stereocenters. The van der Waals surface area contributed by atoms with E-state index in [4.69, 9.17) is 10.2 Å². The Morgan fingerprint density at radius 2 is 2.20 bits per heavy atom. The Morgan fingerprint density at radius 1 is 1.45 bits per heavy atom. The van der Waals surface area contributed by atoms with Crippen LogP contribution >= 0.6 is 0 Å². The predicted molar refractivity (Wildman–Crippen MR) is 77.1 cm³/mol. The second-order valence-corrected chi connectivity index (χ2v) is 4.86. The molecule has 2 rings (SSSR count). The van der Waals surface area contributed by atoms with Crippen molar-refractivity contribution in [3.05, 3.63) is 47.2 Å². The number of carbonyl (C=O) groups is 1. The SMILES string of the molecule is Cc1nc(CNC(=O)C(C)c2cccc(N)c2)oc1C. The fourth-order valence-electron chi connectivity index (χ4n) is 1.91. The van der Waals surface area contributed by atoms with Crippen LogP contribution in [0.2, 0.25) is 0 Å². The molecule has 5 heteroatoms. The molecule has 0 saturated carbocycles. The second kappa shape index (κ2) is 5.77. The van der Waals surface area contributed by atoms with Crippen molar-refractivity contribution in [2.45, 2.75) is 33.2 Å². The topological polar surface area (TPSA) is 81.2 Å². The lowest BCUT2D eigenvalue weighted by Gasteiger charge is -2.12. The van der Waals surface area contributed by atoms with Gasteiger partial charge < -0.3 is 15.5 Å². The number of hydrogen-bond donors (Lipinski definition) is 2. The molecule has 1 amide bonds. The largest absolute Gasteiger partial charge is 0.444 e. The summed E-state index contributed by atoms with van der Waals surface area (Å²) in [4.78, 5) is 16.3. The number of nitrogens with two attached hydrogens (primary N) is 1. The first-order valence-corrected chi connectivity index (χ1v) is 6.53. The molecule has 1 aromatic carbocycles. The average Bonchev–Trinajstić information content (AvgIpc) is 2.74. The molecule has 1 heterocycles. The van der Waals surface area contributed by atoms with Crippen LogP contribution in [0.15, 0.2) is 28.7 Å². The van der Waals surface area contributed by atoms with E-state index < -0.39 is 0 Å². The number of hydrogen-bond acceptors (Lipinski definition) is 4. The highest BCUT2D eigenvalue weighted by molar-refractivity contribution is 5.83. The Morgan fingerprint density at radius 3 is 2.80 bits per heavy atom. The molecule has 1 atom stereocenters. The number of carbonyl (C=O) groups excluding carboxylic acids is 1. The molecular formula is C15H19N3O2. The van der Waals surface area contributed by atoms with E-state index in [1.165, 1.54) is 0 Å². The summed E-state index contributed by atoms with van der Waals surface area (Å²) in [6.45, 7) is 5.86. The summed E-state index contributed by atoms with van der Waals surface area (Å²) in [5.74, 6) is 0.950. The maximum atomic E-state index is 12.1. The van der Waals surface area contributed by atoms with Crippen molar-refractivity contribution in [2.75, 3.05) is 5.73 Å². The molecule has 0 aliphatic heterocycles. The molecule has 0 fully saturated rings. The smallest absolute Gasteiger partial charge is 0.227 e. The fraction of sp³-hybridized carbons (Fsp3) is 0.333. The number of nitrogens with zero attached hydrogens (tertiary/aromatic N) is 1. The lowest BCUT2D eigenvalue weighted by atomic mass is 10.00. The fourth-order valence-corrected chi connectivity index (χ4v) is 1.91. The number of nitrogen functional groups attached to an aromatic ring is 1. The first-order valence-electron chi connectivity index (χ1n) is 6.53. The van der Waals surface area contributed by atoms with Crippen LogP contribution in [0.1, 0.15) is 35.7 Å². The van der Waals surface area contributed by atoms with Crippen molar-refractivity contribution in [1.82, 2.24) is 10.3 Å². The first-order chi connectivity index (χ1) is 9.47.